The highest BCUT2D eigenvalue weighted by atomic mass is 16.5. The number of esters is 1. The van der Waals surface area contributed by atoms with Crippen LogP contribution < -0.4 is 5.32 Å². The fourth-order valence-corrected chi connectivity index (χ4v) is 0.712. The first-order chi connectivity index (χ1) is 5.70. The summed E-state index contributed by atoms with van der Waals surface area (Å²) in [5, 5.41) is 3.07. The van der Waals surface area contributed by atoms with E-state index in [-0.39, 0.29) is 12.0 Å². The Kier molecular flexibility index (Phi) is 6.12. The molecular weight excluding hydrogens is 154 g/mol. The predicted octanol–water partition coefficient (Wildman–Crippen LogP) is 0.551. The largest absolute Gasteiger partial charge is 0.469 e. The molecule has 0 spiro atoms. The zero-order valence-electron chi connectivity index (χ0n) is 7.59. The number of hydrogen-bond donors (Lipinski definition) is 1. The number of ether oxygens (including phenoxy) is 1. The van der Waals surface area contributed by atoms with Gasteiger partial charge in [-0.25, -0.2) is 0 Å². The number of methoxy groups -OCH3 is 1. The van der Waals surface area contributed by atoms with E-state index in [0.717, 1.165) is 13.0 Å². The van der Waals surface area contributed by atoms with Crippen LogP contribution in [0.25, 0.3) is 0 Å². The average Bonchev–Trinajstić information content (AvgIpc) is 2.11. The van der Waals surface area contributed by atoms with Gasteiger partial charge in [0.05, 0.1) is 13.2 Å². The molecule has 1 N–H and O–H groups in total. The molecule has 0 aromatic heterocycles. The van der Waals surface area contributed by atoms with Crippen LogP contribution in [0.1, 0.15) is 19.8 Å². The van der Waals surface area contributed by atoms with Crippen molar-refractivity contribution in [1.29, 1.82) is 0 Å². The third-order valence-electron chi connectivity index (χ3n) is 1.49. The molecule has 0 saturated carbocycles. The second-order valence-electron chi connectivity index (χ2n) is 2.52. The molecule has 1 unspecified atom stereocenters. The highest BCUT2D eigenvalue weighted by Gasteiger charge is 1.99. The van der Waals surface area contributed by atoms with Gasteiger partial charge in [0.15, 0.2) is 0 Å². The highest BCUT2D eigenvalue weighted by molar-refractivity contribution is 5.69. The van der Waals surface area contributed by atoms with Crippen molar-refractivity contribution in [1.82, 2.24) is 5.32 Å². The Morgan fingerprint density at radius 3 is 2.92 bits per heavy atom. The van der Waals surface area contributed by atoms with Gasteiger partial charge in [0.25, 0.3) is 0 Å². The van der Waals surface area contributed by atoms with Gasteiger partial charge in [0.1, 0.15) is 0 Å². The number of terminal acetylenes is 1. The van der Waals surface area contributed by atoms with Crippen molar-refractivity contribution in [2.75, 3.05) is 13.7 Å². The topological polar surface area (TPSA) is 38.3 Å². The van der Waals surface area contributed by atoms with Gasteiger partial charge < -0.3 is 10.1 Å². The molecule has 68 valence electrons. The van der Waals surface area contributed by atoms with Crippen molar-refractivity contribution < 1.29 is 9.53 Å². The van der Waals surface area contributed by atoms with E-state index in [0.29, 0.717) is 6.42 Å². The molecule has 0 aromatic rings. The van der Waals surface area contributed by atoms with E-state index in [1.165, 1.54) is 7.11 Å². The maximum absolute atomic E-state index is 10.6. The molecule has 3 heteroatoms. The summed E-state index contributed by atoms with van der Waals surface area (Å²) >= 11 is 0. The number of carbonyl (C=O) groups excluding carboxylic acids is 1. The molecule has 0 aliphatic carbocycles. The minimum atomic E-state index is -0.176. The van der Waals surface area contributed by atoms with Gasteiger partial charge in [0, 0.05) is 6.42 Å². The van der Waals surface area contributed by atoms with Crippen LogP contribution in [-0.4, -0.2) is 25.7 Å². The number of carbonyl (C=O) groups is 1. The van der Waals surface area contributed by atoms with E-state index in [4.69, 9.17) is 6.42 Å². The summed E-state index contributed by atoms with van der Waals surface area (Å²) in [6, 6.07) is 0.0719. The van der Waals surface area contributed by atoms with E-state index in [1.54, 1.807) is 0 Å². The fourth-order valence-electron chi connectivity index (χ4n) is 0.712. The zero-order chi connectivity index (χ0) is 9.40. The van der Waals surface area contributed by atoms with Gasteiger partial charge in [-0.3, -0.25) is 4.79 Å². The van der Waals surface area contributed by atoms with Crippen LogP contribution in [0.3, 0.4) is 0 Å². The van der Waals surface area contributed by atoms with Gasteiger partial charge in [-0.05, 0) is 19.9 Å². The summed E-state index contributed by atoms with van der Waals surface area (Å²) in [6.07, 6.45) is 6.34. The van der Waals surface area contributed by atoms with Crippen molar-refractivity contribution in [3.05, 3.63) is 0 Å². The first-order valence-corrected chi connectivity index (χ1v) is 3.97. The van der Waals surface area contributed by atoms with Crippen molar-refractivity contribution >= 4 is 5.97 Å². The van der Waals surface area contributed by atoms with Crippen LogP contribution in [0, 0.1) is 12.3 Å². The highest BCUT2D eigenvalue weighted by Crippen LogP contribution is 1.90. The average molecular weight is 169 g/mol. The maximum Gasteiger partial charge on any atom is 0.305 e. The molecule has 0 radical (unpaired) electrons. The lowest BCUT2D eigenvalue weighted by Gasteiger charge is -2.05. The van der Waals surface area contributed by atoms with Gasteiger partial charge >= 0.3 is 5.97 Å². The summed E-state index contributed by atoms with van der Waals surface area (Å²) in [4.78, 5) is 10.6. The van der Waals surface area contributed by atoms with Crippen molar-refractivity contribution in [3.8, 4) is 12.3 Å². The van der Waals surface area contributed by atoms with E-state index in [9.17, 15) is 4.79 Å². The summed E-state index contributed by atoms with van der Waals surface area (Å²) in [5.74, 6) is 2.36. The second kappa shape index (κ2) is 6.68. The standard InChI is InChI=1S/C9H15NO2/c1-4-8(2)10-7-5-6-9(11)12-3/h1,8,10H,5-7H2,2-3H3. The molecule has 1 atom stereocenters. The smallest absolute Gasteiger partial charge is 0.305 e. The Morgan fingerprint density at radius 2 is 2.42 bits per heavy atom. The van der Waals surface area contributed by atoms with Gasteiger partial charge in [-0.1, -0.05) is 5.92 Å². The van der Waals surface area contributed by atoms with E-state index in [1.807, 2.05) is 6.92 Å². The van der Waals surface area contributed by atoms with Crippen LogP contribution in [0.2, 0.25) is 0 Å². The van der Waals surface area contributed by atoms with Crippen molar-refractivity contribution in [2.45, 2.75) is 25.8 Å². The summed E-state index contributed by atoms with van der Waals surface area (Å²) in [7, 11) is 1.39. The lowest BCUT2D eigenvalue weighted by molar-refractivity contribution is -0.140. The van der Waals surface area contributed by atoms with E-state index < -0.39 is 0 Å². The van der Waals surface area contributed by atoms with Crippen LogP contribution in [0.4, 0.5) is 0 Å². The Bertz CT molecular complexity index is 172. The van der Waals surface area contributed by atoms with Crippen LogP contribution >= 0.6 is 0 Å². The molecule has 0 aromatic carbocycles. The lowest BCUT2D eigenvalue weighted by Crippen LogP contribution is -2.25. The minimum absolute atomic E-state index is 0.0719. The van der Waals surface area contributed by atoms with E-state index in [2.05, 4.69) is 16.0 Å². The fraction of sp³-hybridized carbons (Fsp3) is 0.667. The van der Waals surface area contributed by atoms with Crippen LogP contribution in [-0.2, 0) is 9.53 Å². The number of rotatable bonds is 5. The van der Waals surface area contributed by atoms with Crippen molar-refractivity contribution in [3.63, 3.8) is 0 Å². The minimum Gasteiger partial charge on any atom is -0.469 e. The number of nitrogens with one attached hydrogen (secondary N) is 1. The first-order valence-electron chi connectivity index (χ1n) is 3.97. The van der Waals surface area contributed by atoms with Crippen LogP contribution in [0.5, 0.6) is 0 Å². The third kappa shape index (κ3) is 5.75. The maximum atomic E-state index is 10.6. The van der Waals surface area contributed by atoms with E-state index >= 15 is 0 Å². The molecule has 0 aliphatic heterocycles. The Balaban J connectivity index is 3.23. The van der Waals surface area contributed by atoms with Gasteiger partial charge in [-0.2, -0.15) is 0 Å². The molecule has 0 amide bonds. The molecule has 0 bridgehead atoms. The quantitative estimate of drug-likeness (QED) is 0.371. The second-order valence-corrected chi connectivity index (χ2v) is 2.52. The Labute approximate surface area is 73.5 Å². The Hall–Kier alpha value is -1.01. The Morgan fingerprint density at radius 1 is 1.75 bits per heavy atom. The molecule has 0 saturated heterocycles. The van der Waals surface area contributed by atoms with Crippen LogP contribution in [0.15, 0.2) is 0 Å². The molecule has 0 heterocycles. The first kappa shape index (κ1) is 11.0. The molecule has 12 heavy (non-hydrogen) atoms. The number of hydrogen-bond acceptors (Lipinski definition) is 3. The SMILES string of the molecule is C#CC(C)NCCCC(=O)OC. The lowest BCUT2D eigenvalue weighted by atomic mass is 10.3. The van der Waals surface area contributed by atoms with Crippen molar-refractivity contribution in [2.24, 2.45) is 0 Å². The van der Waals surface area contributed by atoms with Gasteiger partial charge in [-0.15, -0.1) is 6.42 Å². The predicted molar refractivity (Wildman–Crippen MR) is 47.5 cm³/mol. The zero-order valence-corrected chi connectivity index (χ0v) is 7.59. The molecule has 0 rings (SSSR count). The summed E-state index contributed by atoms with van der Waals surface area (Å²) in [5.41, 5.74) is 0. The normalized spacial score (nSPS) is 11.8. The summed E-state index contributed by atoms with van der Waals surface area (Å²) < 4.78 is 4.48. The molecule has 3 nitrogen and oxygen atoms in total. The van der Waals surface area contributed by atoms with Gasteiger partial charge in [0.2, 0.25) is 0 Å². The molecular formula is C9H15NO2. The molecule has 0 aliphatic rings. The monoisotopic (exact) mass is 169 g/mol. The molecule has 0 fully saturated rings. The third-order valence-corrected chi connectivity index (χ3v) is 1.49. The summed E-state index contributed by atoms with van der Waals surface area (Å²) in [6.45, 7) is 2.65.